The molecule has 0 bridgehead atoms. The van der Waals surface area contributed by atoms with E-state index in [-0.39, 0.29) is 24.6 Å². The molecule has 138 valence electrons. The molecule has 2 saturated heterocycles. The summed E-state index contributed by atoms with van der Waals surface area (Å²) in [6, 6.07) is 0. The SMILES string of the molecule is CC[C@H]1O[C@@H](n2cc(COC(C)=O)c(N)nc2=O)[C@H]2OC(C)(C)OC12. The van der Waals surface area contributed by atoms with Crippen LogP contribution in [-0.2, 0) is 30.3 Å². The Morgan fingerprint density at radius 3 is 2.72 bits per heavy atom. The highest BCUT2D eigenvalue weighted by atomic mass is 16.8. The van der Waals surface area contributed by atoms with Crippen molar-refractivity contribution in [3.05, 3.63) is 22.2 Å². The summed E-state index contributed by atoms with van der Waals surface area (Å²) in [7, 11) is 0. The molecule has 4 atom stereocenters. The first-order valence-electron chi connectivity index (χ1n) is 8.24. The van der Waals surface area contributed by atoms with Crippen LogP contribution < -0.4 is 11.4 Å². The second-order valence-electron chi connectivity index (χ2n) is 6.66. The minimum atomic E-state index is -0.754. The van der Waals surface area contributed by atoms with Crippen molar-refractivity contribution in [2.24, 2.45) is 0 Å². The number of hydrogen-bond donors (Lipinski definition) is 1. The third-order valence-electron chi connectivity index (χ3n) is 4.29. The lowest BCUT2D eigenvalue weighted by molar-refractivity contribution is -0.197. The molecule has 0 amide bonds. The van der Waals surface area contributed by atoms with Gasteiger partial charge >= 0.3 is 11.7 Å². The number of hydrogen-bond acceptors (Lipinski definition) is 8. The van der Waals surface area contributed by atoms with Crippen molar-refractivity contribution in [2.75, 3.05) is 5.73 Å². The number of aromatic nitrogens is 2. The maximum absolute atomic E-state index is 12.4. The number of carbonyl (C=O) groups excluding carboxylic acids is 1. The van der Waals surface area contributed by atoms with Gasteiger partial charge in [-0.2, -0.15) is 4.98 Å². The summed E-state index contributed by atoms with van der Waals surface area (Å²) in [5.74, 6) is -1.18. The molecular formula is C16H23N3O6. The van der Waals surface area contributed by atoms with Crippen LogP contribution in [0.1, 0.15) is 45.9 Å². The normalized spacial score (nSPS) is 30.2. The number of esters is 1. The van der Waals surface area contributed by atoms with Crippen molar-refractivity contribution in [3.63, 3.8) is 0 Å². The van der Waals surface area contributed by atoms with Crippen molar-refractivity contribution in [3.8, 4) is 0 Å². The average molecular weight is 353 g/mol. The van der Waals surface area contributed by atoms with E-state index in [1.807, 2.05) is 20.8 Å². The van der Waals surface area contributed by atoms with Crippen LogP contribution in [0.5, 0.6) is 0 Å². The minimum Gasteiger partial charge on any atom is -0.461 e. The lowest BCUT2D eigenvalue weighted by Gasteiger charge is -2.24. The molecule has 2 fully saturated rings. The van der Waals surface area contributed by atoms with Crippen molar-refractivity contribution >= 4 is 11.8 Å². The standard InChI is InChI=1S/C16H23N3O6/c1-5-10-11-12(25-16(3,4)24-11)14(23-10)19-6-9(7-22-8(2)20)13(17)18-15(19)21/h6,10-12,14H,5,7H2,1-4H3,(H2,17,18,21)/t10-,11?,12+,14-/m1/s1. The molecule has 1 unspecified atom stereocenters. The van der Waals surface area contributed by atoms with Crippen LogP contribution in [0.15, 0.2) is 11.0 Å². The number of nitrogen functional groups attached to an aromatic ring is 1. The van der Waals surface area contributed by atoms with Gasteiger partial charge in [0.15, 0.2) is 12.0 Å². The number of fused-ring (bicyclic) bond motifs is 1. The van der Waals surface area contributed by atoms with Gasteiger partial charge in [0.2, 0.25) is 0 Å². The van der Waals surface area contributed by atoms with Gasteiger partial charge in [0, 0.05) is 18.7 Å². The van der Waals surface area contributed by atoms with Crippen LogP contribution in [0, 0.1) is 0 Å². The summed E-state index contributed by atoms with van der Waals surface area (Å²) in [6.07, 6.45) is 0.624. The Morgan fingerprint density at radius 2 is 2.08 bits per heavy atom. The quantitative estimate of drug-likeness (QED) is 0.787. The fourth-order valence-electron chi connectivity index (χ4n) is 3.21. The molecule has 1 aromatic rings. The Balaban J connectivity index is 1.94. The van der Waals surface area contributed by atoms with Gasteiger partial charge in [0.1, 0.15) is 24.6 Å². The predicted molar refractivity (Wildman–Crippen MR) is 86.4 cm³/mol. The maximum atomic E-state index is 12.4. The number of nitrogens with zero attached hydrogens (tertiary/aromatic N) is 2. The summed E-state index contributed by atoms with van der Waals surface area (Å²) in [6.45, 7) is 6.85. The lowest BCUT2D eigenvalue weighted by atomic mass is 10.1. The molecule has 0 spiro atoms. The number of rotatable bonds is 4. The fraction of sp³-hybridized carbons (Fsp3) is 0.688. The molecule has 0 aromatic carbocycles. The third kappa shape index (κ3) is 3.39. The summed E-state index contributed by atoms with van der Waals surface area (Å²) in [5, 5.41) is 0. The third-order valence-corrected chi connectivity index (χ3v) is 4.29. The van der Waals surface area contributed by atoms with Crippen LogP contribution in [0.4, 0.5) is 5.82 Å². The van der Waals surface area contributed by atoms with E-state index < -0.39 is 29.8 Å². The van der Waals surface area contributed by atoms with E-state index in [9.17, 15) is 9.59 Å². The van der Waals surface area contributed by atoms with Gasteiger partial charge in [0.25, 0.3) is 0 Å². The first-order valence-corrected chi connectivity index (χ1v) is 8.24. The van der Waals surface area contributed by atoms with Crippen molar-refractivity contribution in [1.29, 1.82) is 0 Å². The Morgan fingerprint density at radius 1 is 1.40 bits per heavy atom. The second-order valence-corrected chi connectivity index (χ2v) is 6.66. The average Bonchev–Trinajstić information content (AvgIpc) is 2.99. The van der Waals surface area contributed by atoms with E-state index in [4.69, 9.17) is 24.7 Å². The van der Waals surface area contributed by atoms with Gasteiger partial charge in [0.05, 0.1) is 6.10 Å². The van der Waals surface area contributed by atoms with Crippen LogP contribution in [0.2, 0.25) is 0 Å². The summed E-state index contributed by atoms with van der Waals surface area (Å²) in [4.78, 5) is 27.2. The highest BCUT2D eigenvalue weighted by molar-refractivity contribution is 5.66. The number of nitrogens with two attached hydrogens (primary N) is 1. The van der Waals surface area contributed by atoms with Crippen LogP contribution >= 0.6 is 0 Å². The molecule has 0 radical (unpaired) electrons. The van der Waals surface area contributed by atoms with Gasteiger partial charge in [-0.15, -0.1) is 0 Å². The van der Waals surface area contributed by atoms with Gasteiger partial charge in [-0.1, -0.05) is 6.92 Å². The van der Waals surface area contributed by atoms with Crippen molar-refractivity contribution in [2.45, 2.75) is 71.0 Å². The molecule has 2 aliphatic rings. The maximum Gasteiger partial charge on any atom is 0.351 e. The molecule has 2 aliphatic heterocycles. The zero-order valence-corrected chi connectivity index (χ0v) is 14.7. The van der Waals surface area contributed by atoms with Gasteiger partial charge in [-0.25, -0.2) is 4.79 Å². The van der Waals surface area contributed by atoms with Crippen molar-refractivity contribution < 1.29 is 23.7 Å². The van der Waals surface area contributed by atoms with E-state index in [1.54, 1.807) is 0 Å². The molecular weight excluding hydrogens is 330 g/mol. The number of ether oxygens (including phenoxy) is 4. The first kappa shape index (κ1) is 17.8. The Kier molecular flexibility index (Phi) is 4.56. The molecule has 3 heterocycles. The van der Waals surface area contributed by atoms with Gasteiger partial charge in [-0.3, -0.25) is 9.36 Å². The molecule has 9 nitrogen and oxygen atoms in total. The number of carbonyl (C=O) groups is 1. The molecule has 0 aliphatic carbocycles. The zero-order chi connectivity index (χ0) is 18.4. The molecule has 2 N–H and O–H groups in total. The zero-order valence-electron chi connectivity index (χ0n) is 14.7. The van der Waals surface area contributed by atoms with E-state index in [2.05, 4.69) is 4.98 Å². The van der Waals surface area contributed by atoms with E-state index in [0.717, 1.165) is 0 Å². The largest absolute Gasteiger partial charge is 0.461 e. The monoisotopic (exact) mass is 353 g/mol. The van der Waals surface area contributed by atoms with E-state index in [1.165, 1.54) is 17.7 Å². The van der Waals surface area contributed by atoms with Crippen LogP contribution in [0.25, 0.3) is 0 Å². The Hall–Kier alpha value is -1.97. The van der Waals surface area contributed by atoms with E-state index in [0.29, 0.717) is 12.0 Å². The van der Waals surface area contributed by atoms with Gasteiger partial charge < -0.3 is 24.7 Å². The molecule has 1 aromatic heterocycles. The van der Waals surface area contributed by atoms with E-state index >= 15 is 0 Å². The smallest absolute Gasteiger partial charge is 0.351 e. The highest BCUT2D eigenvalue weighted by Crippen LogP contribution is 2.43. The topological polar surface area (TPSA) is 115 Å². The summed E-state index contributed by atoms with van der Waals surface area (Å²) < 4.78 is 24.1. The van der Waals surface area contributed by atoms with Crippen LogP contribution in [0.3, 0.4) is 0 Å². The lowest BCUT2D eigenvalue weighted by Crippen LogP contribution is -2.35. The number of anilines is 1. The molecule has 0 saturated carbocycles. The Bertz CT molecular complexity index is 731. The highest BCUT2D eigenvalue weighted by Gasteiger charge is 2.55. The molecule has 3 rings (SSSR count). The first-order chi connectivity index (χ1) is 11.7. The molecule has 25 heavy (non-hydrogen) atoms. The van der Waals surface area contributed by atoms with Crippen LogP contribution in [-0.4, -0.2) is 39.6 Å². The fourth-order valence-corrected chi connectivity index (χ4v) is 3.21. The minimum absolute atomic E-state index is 0.0213. The summed E-state index contributed by atoms with van der Waals surface area (Å²) in [5.41, 5.74) is 5.63. The van der Waals surface area contributed by atoms with Crippen molar-refractivity contribution in [1.82, 2.24) is 9.55 Å². The second kappa shape index (κ2) is 6.40. The predicted octanol–water partition coefficient (Wildman–Crippen LogP) is 0.716. The summed E-state index contributed by atoms with van der Waals surface area (Å²) >= 11 is 0. The van der Waals surface area contributed by atoms with Gasteiger partial charge in [-0.05, 0) is 20.3 Å². The molecule has 9 heteroatoms. The Labute approximate surface area is 145 Å².